The molecule has 0 spiro atoms. The Kier molecular flexibility index (Phi) is 8.08. The van der Waals surface area contributed by atoms with E-state index in [1.54, 1.807) is 16.9 Å². The van der Waals surface area contributed by atoms with Gasteiger partial charge in [0.15, 0.2) is 0 Å². The molecule has 0 radical (unpaired) electrons. The third-order valence-electron chi connectivity index (χ3n) is 8.70. The fourth-order valence-electron chi connectivity index (χ4n) is 6.76. The highest BCUT2D eigenvalue weighted by Gasteiger charge is 2.60. The first kappa shape index (κ1) is 28.1. The highest BCUT2D eigenvalue weighted by molar-refractivity contribution is 5.86. The number of nitrogens with zero attached hydrogens (tertiary/aromatic N) is 3. The minimum Gasteiger partial charge on any atom is -0.449 e. The molecule has 1 aromatic heterocycles. The molecule has 4 aliphatic rings. The smallest absolute Gasteiger partial charge is 0.417 e. The van der Waals surface area contributed by atoms with E-state index in [9.17, 15) is 22.8 Å². The Hall–Kier alpha value is -2.44. The van der Waals surface area contributed by atoms with Gasteiger partial charge in [-0.05, 0) is 43.2 Å². The molecule has 9 nitrogen and oxygen atoms in total. The minimum atomic E-state index is -4.50. The quantitative estimate of drug-likeness (QED) is 0.578. The number of hydrogen-bond acceptors (Lipinski definition) is 7. The van der Waals surface area contributed by atoms with Gasteiger partial charge >= 0.3 is 12.3 Å². The molecule has 3 aliphatic heterocycles. The van der Waals surface area contributed by atoms with E-state index in [-0.39, 0.29) is 43.1 Å². The zero-order valence-electron chi connectivity index (χ0n) is 22.5. The largest absolute Gasteiger partial charge is 0.449 e. The van der Waals surface area contributed by atoms with Crippen molar-refractivity contribution >= 4 is 12.0 Å². The van der Waals surface area contributed by atoms with E-state index < -0.39 is 23.2 Å². The molecule has 2 saturated heterocycles. The predicted octanol–water partition coefficient (Wildman–Crippen LogP) is 3.01. The van der Waals surface area contributed by atoms with Gasteiger partial charge in [-0.3, -0.25) is 9.78 Å². The highest BCUT2D eigenvalue weighted by Crippen LogP contribution is 2.51. The van der Waals surface area contributed by atoms with Crippen LogP contribution >= 0.6 is 0 Å². The first-order valence-electron chi connectivity index (χ1n) is 13.8. The number of rotatable bonds is 6. The molecule has 4 heterocycles. The maximum atomic E-state index is 14.3. The van der Waals surface area contributed by atoms with Gasteiger partial charge < -0.3 is 29.3 Å². The van der Waals surface area contributed by atoms with Crippen molar-refractivity contribution in [1.82, 2.24) is 20.1 Å². The molecule has 1 aliphatic carbocycles. The van der Waals surface area contributed by atoms with Gasteiger partial charge in [0.2, 0.25) is 5.91 Å². The van der Waals surface area contributed by atoms with Crippen molar-refractivity contribution in [2.75, 3.05) is 46.6 Å². The summed E-state index contributed by atoms with van der Waals surface area (Å²) in [6, 6.07) is 1.25. The summed E-state index contributed by atoms with van der Waals surface area (Å²) < 4.78 is 56.6. The number of amides is 2. The van der Waals surface area contributed by atoms with Crippen LogP contribution in [0.25, 0.3) is 0 Å². The average molecular weight is 555 g/mol. The molecule has 0 aromatic carbocycles. The summed E-state index contributed by atoms with van der Waals surface area (Å²) in [6.07, 6.45) is -1.01. The van der Waals surface area contributed by atoms with E-state index in [1.807, 2.05) is 6.92 Å². The first-order valence-corrected chi connectivity index (χ1v) is 13.8. The number of carbonyl (C=O) groups is 2. The normalized spacial score (nSPS) is 30.7. The molecule has 3 fully saturated rings. The first-order chi connectivity index (χ1) is 18.6. The lowest BCUT2D eigenvalue weighted by molar-refractivity contribution is -0.143. The van der Waals surface area contributed by atoms with Crippen LogP contribution in [-0.2, 0) is 38.1 Å². The van der Waals surface area contributed by atoms with Gasteiger partial charge in [0.05, 0.1) is 30.3 Å². The second-order valence-electron chi connectivity index (χ2n) is 11.2. The average Bonchev–Trinajstić information content (AvgIpc) is 3.45. The van der Waals surface area contributed by atoms with E-state index >= 15 is 0 Å². The lowest BCUT2D eigenvalue weighted by Gasteiger charge is -2.37. The van der Waals surface area contributed by atoms with Crippen LogP contribution in [0.1, 0.15) is 49.4 Å². The van der Waals surface area contributed by atoms with Crippen molar-refractivity contribution in [2.24, 2.45) is 11.3 Å². The summed E-state index contributed by atoms with van der Waals surface area (Å²) in [5.74, 6) is -0.195. The topological polar surface area (TPSA) is 93.2 Å². The van der Waals surface area contributed by atoms with E-state index in [0.717, 1.165) is 18.7 Å². The molecule has 39 heavy (non-hydrogen) atoms. The maximum Gasteiger partial charge on any atom is 0.417 e. The van der Waals surface area contributed by atoms with Gasteiger partial charge in [-0.25, -0.2) is 4.79 Å². The van der Waals surface area contributed by atoms with Crippen molar-refractivity contribution in [2.45, 2.75) is 69.9 Å². The molecule has 12 heteroatoms. The lowest BCUT2D eigenvalue weighted by Crippen LogP contribution is -2.52. The number of hydrogen-bond donors (Lipinski definition) is 1. The summed E-state index contributed by atoms with van der Waals surface area (Å²) in [7, 11) is 1.66. The number of methoxy groups -OCH3 is 1. The zero-order chi connectivity index (χ0) is 27.8. The fraction of sp³-hybridized carbons (Fsp3) is 0.741. The monoisotopic (exact) mass is 554 g/mol. The van der Waals surface area contributed by atoms with Crippen molar-refractivity contribution in [3.05, 3.63) is 29.1 Å². The highest BCUT2D eigenvalue weighted by atomic mass is 19.4. The van der Waals surface area contributed by atoms with E-state index in [1.165, 1.54) is 0 Å². The summed E-state index contributed by atoms with van der Waals surface area (Å²) in [4.78, 5) is 34.4. The van der Waals surface area contributed by atoms with Crippen molar-refractivity contribution < 1.29 is 37.0 Å². The van der Waals surface area contributed by atoms with E-state index in [0.29, 0.717) is 69.9 Å². The minimum absolute atomic E-state index is 0.0455. The van der Waals surface area contributed by atoms with E-state index in [2.05, 4.69) is 10.3 Å². The molecule has 1 aromatic rings. The van der Waals surface area contributed by atoms with Crippen molar-refractivity contribution in [1.29, 1.82) is 0 Å². The Bertz CT molecular complexity index is 1070. The Morgan fingerprint density at radius 3 is 2.87 bits per heavy atom. The molecule has 1 N–H and O–H groups in total. The number of nitrogens with one attached hydrogen (secondary N) is 1. The second kappa shape index (κ2) is 11.2. The van der Waals surface area contributed by atoms with Gasteiger partial charge in [0, 0.05) is 70.3 Å². The molecular weight excluding hydrogens is 517 g/mol. The van der Waals surface area contributed by atoms with Crippen LogP contribution in [0.4, 0.5) is 18.0 Å². The number of carbonyl (C=O) groups excluding carboxylic acids is 2. The van der Waals surface area contributed by atoms with Gasteiger partial charge in [0.1, 0.15) is 0 Å². The molecule has 216 valence electrons. The predicted molar refractivity (Wildman–Crippen MR) is 134 cm³/mol. The zero-order valence-corrected chi connectivity index (χ0v) is 22.5. The Balaban J connectivity index is 1.36. The van der Waals surface area contributed by atoms with Crippen LogP contribution in [0.15, 0.2) is 12.3 Å². The molecule has 0 unspecified atom stereocenters. The van der Waals surface area contributed by atoms with Crippen LogP contribution in [0, 0.1) is 11.3 Å². The van der Waals surface area contributed by atoms with Crippen LogP contribution in [0.2, 0.25) is 0 Å². The molecule has 5 rings (SSSR count). The van der Waals surface area contributed by atoms with Crippen LogP contribution in [-0.4, -0.2) is 91.5 Å². The molecule has 2 amide bonds. The SMILES string of the molecule is CCCOC(=O)N1C[C@@H]2C[C@@H](N[C@H]3CCOC[C@H]3OC)C[C@]2(C(=O)N2CCc3ncc(C(F)(F)F)cc3C2)C1. The molecule has 5 atom stereocenters. The van der Waals surface area contributed by atoms with E-state index in [4.69, 9.17) is 14.2 Å². The maximum absolute atomic E-state index is 14.3. The number of ether oxygens (including phenoxy) is 3. The number of halogens is 3. The number of fused-ring (bicyclic) bond motifs is 2. The number of aromatic nitrogens is 1. The Labute approximate surface area is 226 Å². The lowest BCUT2D eigenvalue weighted by atomic mass is 9.78. The summed E-state index contributed by atoms with van der Waals surface area (Å²) in [6.45, 7) is 4.48. The van der Waals surface area contributed by atoms with Gasteiger partial charge in [-0.1, -0.05) is 6.92 Å². The standard InChI is InChI=1S/C27H37F3N4O5/c1-3-7-39-25(36)34-14-19-10-20(32-22-5-8-38-15-23(22)37-2)11-26(19,16-34)24(35)33-6-4-21-17(13-33)9-18(12-31-21)27(28,29)30/h9,12,19-20,22-23,32H,3-8,10-11,13-16H2,1-2H3/t19-,20+,22-,23+,26-/m0/s1. The summed E-state index contributed by atoms with van der Waals surface area (Å²) in [5.41, 5.74) is -0.629. The van der Waals surface area contributed by atoms with Crippen LogP contribution < -0.4 is 5.32 Å². The summed E-state index contributed by atoms with van der Waals surface area (Å²) >= 11 is 0. The van der Waals surface area contributed by atoms with Crippen LogP contribution in [0.5, 0.6) is 0 Å². The molecular formula is C27H37F3N4O5. The Morgan fingerprint density at radius 1 is 1.31 bits per heavy atom. The molecule has 1 saturated carbocycles. The number of alkyl halides is 3. The second-order valence-corrected chi connectivity index (χ2v) is 11.2. The van der Waals surface area contributed by atoms with Crippen molar-refractivity contribution in [3.8, 4) is 0 Å². The Morgan fingerprint density at radius 2 is 2.13 bits per heavy atom. The third kappa shape index (κ3) is 5.60. The van der Waals surface area contributed by atoms with Crippen molar-refractivity contribution in [3.63, 3.8) is 0 Å². The molecule has 0 bridgehead atoms. The number of likely N-dealkylation sites (tertiary alicyclic amines) is 1. The van der Waals surface area contributed by atoms with Gasteiger partial charge in [0.25, 0.3) is 0 Å². The fourth-order valence-corrected chi connectivity index (χ4v) is 6.76. The summed E-state index contributed by atoms with van der Waals surface area (Å²) in [5, 5.41) is 3.70. The van der Waals surface area contributed by atoms with Crippen LogP contribution in [0.3, 0.4) is 0 Å². The number of pyridine rings is 1. The van der Waals surface area contributed by atoms with Gasteiger partial charge in [-0.15, -0.1) is 0 Å². The third-order valence-corrected chi connectivity index (χ3v) is 8.70. The van der Waals surface area contributed by atoms with Gasteiger partial charge in [-0.2, -0.15) is 13.2 Å².